The van der Waals surface area contributed by atoms with Gasteiger partial charge in [-0.15, -0.1) is 0 Å². The van der Waals surface area contributed by atoms with Crippen molar-refractivity contribution in [2.45, 2.75) is 45.6 Å². The number of nitrogens with one attached hydrogen (secondary N) is 1. The van der Waals surface area contributed by atoms with Gasteiger partial charge < -0.3 is 5.32 Å². The monoisotopic (exact) mass is 253 g/mol. The van der Waals surface area contributed by atoms with Gasteiger partial charge in [0.1, 0.15) is 17.3 Å². The fourth-order valence-corrected chi connectivity index (χ4v) is 2.96. The Hall–Kier alpha value is -1.12. The van der Waals surface area contributed by atoms with Crippen LogP contribution >= 0.6 is 0 Å². The summed E-state index contributed by atoms with van der Waals surface area (Å²) in [5.74, 6) is 0.0431. The second-order valence-corrected chi connectivity index (χ2v) is 5.54. The third-order valence-electron chi connectivity index (χ3n) is 3.97. The van der Waals surface area contributed by atoms with E-state index in [1.54, 1.807) is 0 Å². The fraction of sp³-hybridized carbons (Fsp3) is 0.600. The zero-order valence-electron chi connectivity index (χ0n) is 11.0. The lowest BCUT2D eigenvalue weighted by Gasteiger charge is -2.35. The number of halogens is 2. The summed E-state index contributed by atoms with van der Waals surface area (Å²) in [5, 5.41) is 3.10. The van der Waals surface area contributed by atoms with Crippen LogP contribution in [0.1, 0.15) is 39.5 Å². The molecule has 1 aliphatic rings. The van der Waals surface area contributed by atoms with E-state index in [2.05, 4.69) is 19.2 Å². The van der Waals surface area contributed by atoms with Gasteiger partial charge in [-0.05, 0) is 36.8 Å². The van der Waals surface area contributed by atoms with Crippen molar-refractivity contribution in [3.05, 3.63) is 29.8 Å². The maximum absolute atomic E-state index is 13.6. The van der Waals surface area contributed by atoms with Crippen molar-refractivity contribution in [1.29, 1.82) is 0 Å². The Bertz CT molecular complexity index is 383. The molecule has 0 heterocycles. The first-order valence-corrected chi connectivity index (χ1v) is 6.80. The highest BCUT2D eigenvalue weighted by Crippen LogP contribution is 2.33. The standard InChI is InChI=1S/C15H21F2N/c1-10(2)11-6-3-4-9-14(11)18-15-12(16)7-5-8-13(15)17/h5,7-8,10-11,14,18H,3-4,6,9H2,1-2H3. The van der Waals surface area contributed by atoms with Gasteiger partial charge in [-0.2, -0.15) is 0 Å². The number of hydrogen-bond donors (Lipinski definition) is 1. The lowest BCUT2D eigenvalue weighted by molar-refractivity contribution is 0.253. The molecule has 1 N–H and O–H groups in total. The molecule has 0 amide bonds. The molecule has 2 rings (SSSR count). The third-order valence-corrected chi connectivity index (χ3v) is 3.97. The normalized spacial score (nSPS) is 24.3. The maximum atomic E-state index is 13.6. The Morgan fingerprint density at radius 2 is 1.72 bits per heavy atom. The Balaban J connectivity index is 2.16. The molecule has 18 heavy (non-hydrogen) atoms. The highest BCUT2D eigenvalue weighted by atomic mass is 19.1. The van der Waals surface area contributed by atoms with Gasteiger partial charge >= 0.3 is 0 Å². The second kappa shape index (κ2) is 5.68. The van der Waals surface area contributed by atoms with Crippen LogP contribution in [0.2, 0.25) is 0 Å². The van der Waals surface area contributed by atoms with E-state index in [0.29, 0.717) is 11.8 Å². The number of hydrogen-bond acceptors (Lipinski definition) is 1. The van der Waals surface area contributed by atoms with Gasteiger partial charge in [0.25, 0.3) is 0 Å². The summed E-state index contributed by atoms with van der Waals surface area (Å²) in [6, 6.07) is 4.19. The lowest BCUT2D eigenvalue weighted by Crippen LogP contribution is -2.35. The molecule has 100 valence electrons. The van der Waals surface area contributed by atoms with Gasteiger partial charge in [0.2, 0.25) is 0 Å². The molecule has 0 radical (unpaired) electrons. The molecule has 1 aromatic carbocycles. The molecular formula is C15H21F2N. The third kappa shape index (κ3) is 2.82. The van der Waals surface area contributed by atoms with Crippen LogP contribution in [0.4, 0.5) is 14.5 Å². The van der Waals surface area contributed by atoms with Gasteiger partial charge in [-0.1, -0.05) is 32.8 Å². The summed E-state index contributed by atoms with van der Waals surface area (Å²) in [5.41, 5.74) is 0.0371. The topological polar surface area (TPSA) is 12.0 Å². The minimum Gasteiger partial charge on any atom is -0.377 e. The molecular weight excluding hydrogens is 232 g/mol. The van der Waals surface area contributed by atoms with Gasteiger partial charge in [-0.25, -0.2) is 8.78 Å². The van der Waals surface area contributed by atoms with Crippen LogP contribution in [0.25, 0.3) is 0 Å². The van der Waals surface area contributed by atoms with Crippen molar-refractivity contribution >= 4 is 5.69 Å². The summed E-state index contributed by atoms with van der Waals surface area (Å²) in [4.78, 5) is 0. The Morgan fingerprint density at radius 1 is 1.11 bits per heavy atom. The van der Waals surface area contributed by atoms with E-state index in [1.165, 1.54) is 24.6 Å². The van der Waals surface area contributed by atoms with Gasteiger partial charge in [0.05, 0.1) is 0 Å². The maximum Gasteiger partial charge on any atom is 0.149 e. The van der Waals surface area contributed by atoms with Gasteiger partial charge in [0.15, 0.2) is 0 Å². The smallest absolute Gasteiger partial charge is 0.149 e. The first-order chi connectivity index (χ1) is 8.59. The predicted molar refractivity (Wildman–Crippen MR) is 70.6 cm³/mol. The molecule has 2 unspecified atom stereocenters. The van der Waals surface area contributed by atoms with E-state index in [0.717, 1.165) is 19.3 Å². The van der Waals surface area contributed by atoms with E-state index in [4.69, 9.17) is 0 Å². The summed E-state index contributed by atoms with van der Waals surface area (Å²) < 4.78 is 27.3. The van der Waals surface area contributed by atoms with Gasteiger partial charge in [-0.3, -0.25) is 0 Å². The average Bonchev–Trinajstić information content (AvgIpc) is 2.34. The summed E-state index contributed by atoms with van der Waals surface area (Å²) >= 11 is 0. The minimum absolute atomic E-state index is 0.0371. The summed E-state index contributed by atoms with van der Waals surface area (Å²) in [6.07, 6.45) is 4.50. The van der Waals surface area contributed by atoms with Crippen LogP contribution in [0.3, 0.4) is 0 Å². The zero-order valence-corrected chi connectivity index (χ0v) is 11.0. The summed E-state index contributed by atoms with van der Waals surface area (Å²) in [7, 11) is 0. The fourth-order valence-electron chi connectivity index (χ4n) is 2.96. The number of rotatable bonds is 3. The largest absolute Gasteiger partial charge is 0.377 e. The molecule has 1 aliphatic carbocycles. The molecule has 0 saturated heterocycles. The van der Waals surface area contributed by atoms with Crippen molar-refractivity contribution in [2.24, 2.45) is 11.8 Å². The van der Waals surface area contributed by atoms with E-state index in [9.17, 15) is 8.78 Å². The number of benzene rings is 1. The van der Waals surface area contributed by atoms with Crippen molar-refractivity contribution < 1.29 is 8.78 Å². The quantitative estimate of drug-likeness (QED) is 0.830. The minimum atomic E-state index is -0.497. The van der Waals surface area contributed by atoms with E-state index < -0.39 is 11.6 Å². The molecule has 1 nitrogen and oxygen atoms in total. The Kier molecular flexibility index (Phi) is 4.20. The van der Waals surface area contributed by atoms with Crippen LogP contribution in [0.15, 0.2) is 18.2 Å². The van der Waals surface area contributed by atoms with Crippen LogP contribution in [0.5, 0.6) is 0 Å². The molecule has 3 heteroatoms. The zero-order chi connectivity index (χ0) is 13.1. The molecule has 2 atom stereocenters. The SMILES string of the molecule is CC(C)C1CCCCC1Nc1c(F)cccc1F. The molecule has 0 aliphatic heterocycles. The van der Waals surface area contributed by atoms with E-state index >= 15 is 0 Å². The lowest BCUT2D eigenvalue weighted by atomic mass is 9.78. The summed E-state index contributed by atoms with van der Waals surface area (Å²) in [6.45, 7) is 4.37. The first-order valence-electron chi connectivity index (χ1n) is 6.80. The van der Waals surface area contributed by atoms with Crippen LogP contribution in [-0.4, -0.2) is 6.04 Å². The van der Waals surface area contributed by atoms with Crippen molar-refractivity contribution in [1.82, 2.24) is 0 Å². The van der Waals surface area contributed by atoms with E-state index in [1.807, 2.05) is 0 Å². The highest BCUT2D eigenvalue weighted by Gasteiger charge is 2.28. The van der Waals surface area contributed by atoms with Crippen molar-refractivity contribution in [2.75, 3.05) is 5.32 Å². The Labute approximate surface area is 108 Å². The van der Waals surface area contributed by atoms with Crippen LogP contribution < -0.4 is 5.32 Å². The molecule has 1 aromatic rings. The number of para-hydroxylation sites is 1. The average molecular weight is 253 g/mol. The van der Waals surface area contributed by atoms with Gasteiger partial charge in [0, 0.05) is 6.04 Å². The van der Waals surface area contributed by atoms with E-state index in [-0.39, 0.29) is 11.7 Å². The van der Waals surface area contributed by atoms with Crippen molar-refractivity contribution in [3.63, 3.8) is 0 Å². The number of anilines is 1. The molecule has 0 bridgehead atoms. The predicted octanol–water partition coefficient (Wildman–Crippen LogP) is 4.59. The van der Waals surface area contributed by atoms with Crippen molar-refractivity contribution in [3.8, 4) is 0 Å². The highest BCUT2D eigenvalue weighted by molar-refractivity contribution is 5.47. The molecule has 0 spiro atoms. The first kappa shape index (κ1) is 13.3. The van der Waals surface area contributed by atoms with Crippen LogP contribution in [0, 0.1) is 23.5 Å². The molecule has 1 fully saturated rings. The second-order valence-electron chi connectivity index (χ2n) is 5.54. The Morgan fingerprint density at radius 3 is 2.33 bits per heavy atom. The van der Waals surface area contributed by atoms with Crippen LogP contribution in [-0.2, 0) is 0 Å². The molecule has 1 saturated carbocycles. The molecule has 0 aromatic heterocycles.